The average Bonchev–Trinajstić information content (AvgIpc) is 2.95. The van der Waals surface area contributed by atoms with Gasteiger partial charge in [0.25, 0.3) is 0 Å². The van der Waals surface area contributed by atoms with Gasteiger partial charge in [0.05, 0.1) is 0 Å². The minimum Gasteiger partial charge on any atom is -0.338 e. The summed E-state index contributed by atoms with van der Waals surface area (Å²) in [5.74, 6) is 0.611. The van der Waals surface area contributed by atoms with Crippen LogP contribution in [0.3, 0.4) is 0 Å². The van der Waals surface area contributed by atoms with E-state index in [1.807, 2.05) is 0 Å². The van der Waals surface area contributed by atoms with Crippen molar-refractivity contribution in [3.05, 3.63) is 0 Å². The first-order valence-corrected chi connectivity index (χ1v) is 9.02. The molecule has 2 aliphatic heterocycles. The topological polar surface area (TPSA) is 49.6 Å². The summed E-state index contributed by atoms with van der Waals surface area (Å²) in [7, 11) is 0. The molecule has 3 atom stereocenters. The molecule has 3 aliphatic rings. The zero-order chi connectivity index (χ0) is 14.7. The maximum absolute atomic E-state index is 12.8. The van der Waals surface area contributed by atoms with Gasteiger partial charge in [-0.05, 0) is 58.0 Å². The number of nitrogens with two attached hydrogens (primary N) is 1. The number of hydrogen-bond acceptors (Lipinski definition) is 3. The number of amides is 1. The van der Waals surface area contributed by atoms with Crippen LogP contribution in [0.25, 0.3) is 0 Å². The van der Waals surface area contributed by atoms with Crippen molar-refractivity contribution in [3.63, 3.8) is 0 Å². The minimum absolute atomic E-state index is 0.204. The minimum atomic E-state index is 0.204. The molecule has 0 bridgehead atoms. The number of rotatable bonds is 3. The standard InChI is InChI=1S/C17H31N3O/c18-15-7-4-6-14(12-15)17(21)20-11-5-8-16(20)13-19-9-2-1-3-10-19/h14-16H,1-13,18H2/t14-,15-,16+/m1/s1. The van der Waals surface area contributed by atoms with E-state index < -0.39 is 0 Å². The summed E-state index contributed by atoms with van der Waals surface area (Å²) in [5.41, 5.74) is 6.07. The first kappa shape index (κ1) is 15.3. The Kier molecular flexibility index (Phi) is 5.17. The van der Waals surface area contributed by atoms with Crippen molar-refractivity contribution in [2.75, 3.05) is 26.2 Å². The first-order chi connectivity index (χ1) is 10.2. The van der Waals surface area contributed by atoms with E-state index >= 15 is 0 Å². The van der Waals surface area contributed by atoms with Gasteiger partial charge < -0.3 is 15.5 Å². The van der Waals surface area contributed by atoms with Crippen molar-refractivity contribution in [3.8, 4) is 0 Å². The molecular weight excluding hydrogens is 262 g/mol. The number of likely N-dealkylation sites (tertiary alicyclic amines) is 2. The molecule has 0 unspecified atom stereocenters. The van der Waals surface area contributed by atoms with Crippen LogP contribution in [-0.4, -0.2) is 54.0 Å². The van der Waals surface area contributed by atoms with Crippen molar-refractivity contribution in [2.24, 2.45) is 11.7 Å². The molecule has 0 aromatic carbocycles. The number of piperidine rings is 1. The molecule has 0 spiro atoms. The Hall–Kier alpha value is -0.610. The van der Waals surface area contributed by atoms with Crippen LogP contribution in [0, 0.1) is 5.92 Å². The van der Waals surface area contributed by atoms with E-state index in [-0.39, 0.29) is 12.0 Å². The van der Waals surface area contributed by atoms with Gasteiger partial charge in [-0.2, -0.15) is 0 Å². The van der Waals surface area contributed by atoms with Gasteiger partial charge in [0.2, 0.25) is 5.91 Å². The van der Waals surface area contributed by atoms with Crippen LogP contribution in [-0.2, 0) is 4.79 Å². The van der Waals surface area contributed by atoms with Gasteiger partial charge in [0.15, 0.2) is 0 Å². The monoisotopic (exact) mass is 293 g/mol. The maximum atomic E-state index is 12.8. The molecule has 1 saturated carbocycles. The van der Waals surface area contributed by atoms with Gasteiger partial charge in [0.1, 0.15) is 0 Å². The van der Waals surface area contributed by atoms with Crippen molar-refractivity contribution in [2.45, 2.75) is 69.9 Å². The fourth-order valence-electron chi connectivity index (χ4n) is 4.44. The normalized spacial score (nSPS) is 35.1. The van der Waals surface area contributed by atoms with Gasteiger partial charge >= 0.3 is 0 Å². The van der Waals surface area contributed by atoms with E-state index in [1.165, 1.54) is 45.2 Å². The quantitative estimate of drug-likeness (QED) is 0.865. The summed E-state index contributed by atoms with van der Waals surface area (Å²) in [6, 6.07) is 0.713. The Morgan fingerprint density at radius 1 is 0.952 bits per heavy atom. The number of nitrogens with zero attached hydrogens (tertiary/aromatic N) is 2. The summed E-state index contributed by atoms with van der Waals surface area (Å²) < 4.78 is 0. The Morgan fingerprint density at radius 3 is 2.52 bits per heavy atom. The molecular formula is C17H31N3O. The summed E-state index contributed by atoms with van der Waals surface area (Å²) in [6.45, 7) is 4.53. The highest BCUT2D eigenvalue weighted by molar-refractivity contribution is 5.79. The van der Waals surface area contributed by atoms with Crippen LogP contribution in [0.4, 0.5) is 0 Å². The Bertz CT molecular complexity index is 354. The lowest BCUT2D eigenvalue weighted by molar-refractivity contribution is -0.138. The van der Waals surface area contributed by atoms with Crippen molar-refractivity contribution in [1.82, 2.24) is 9.80 Å². The average molecular weight is 293 g/mol. The van der Waals surface area contributed by atoms with Gasteiger partial charge in [-0.3, -0.25) is 4.79 Å². The molecule has 0 aromatic heterocycles. The summed E-state index contributed by atoms with van der Waals surface area (Å²) in [4.78, 5) is 17.6. The van der Waals surface area contributed by atoms with E-state index in [0.717, 1.165) is 38.8 Å². The smallest absolute Gasteiger partial charge is 0.226 e. The van der Waals surface area contributed by atoms with Gasteiger partial charge in [0, 0.05) is 31.1 Å². The third kappa shape index (κ3) is 3.78. The lowest BCUT2D eigenvalue weighted by atomic mass is 9.85. The van der Waals surface area contributed by atoms with Crippen molar-refractivity contribution < 1.29 is 4.79 Å². The molecule has 2 heterocycles. The van der Waals surface area contributed by atoms with E-state index in [4.69, 9.17) is 5.73 Å². The van der Waals surface area contributed by atoms with E-state index in [1.54, 1.807) is 0 Å². The molecule has 3 rings (SSSR count). The highest BCUT2D eigenvalue weighted by atomic mass is 16.2. The van der Waals surface area contributed by atoms with Crippen molar-refractivity contribution >= 4 is 5.91 Å². The fourth-order valence-corrected chi connectivity index (χ4v) is 4.44. The fraction of sp³-hybridized carbons (Fsp3) is 0.941. The molecule has 4 heteroatoms. The van der Waals surface area contributed by atoms with Crippen LogP contribution >= 0.6 is 0 Å². The molecule has 1 amide bonds. The predicted molar refractivity (Wildman–Crippen MR) is 85.0 cm³/mol. The lowest BCUT2D eigenvalue weighted by Crippen LogP contribution is -2.47. The summed E-state index contributed by atoms with van der Waals surface area (Å²) in [5, 5.41) is 0. The highest BCUT2D eigenvalue weighted by Crippen LogP contribution is 2.29. The summed E-state index contributed by atoms with van der Waals surface area (Å²) >= 11 is 0. The molecule has 1 aliphatic carbocycles. The Morgan fingerprint density at radius 2 is 1.76 bits per heavy atom. The van der Waals surface area contributed by atoms with Crippen molar-refractivity contribution in [1.29, 1.82) is 0 Å². The zero-order valence-corrected chi connectivity index (χ0v) is 13.3. The third-order valence-electron chi connectivity index (χ3n) is 5.64. The highest BCUT2D eigenvalue weighted by Gasteiger charge is 2.35. The molecule has 0 aromatic rings. The zero-order valence-electron chi connectivity index (χ0n) is 13.3. The second-order valence-corrected chi connectivity index (χ2v) is 7.31. The second kappa shape index (κ2) is 7.10. The molecule has 2 saturated heterocycles. The van der Waals surface area contributed by atoms with Gasteiger partial charge in [-0.25, -0.2) is 0 Å². The van der Waals surface area contributed by atoms with Gasteiger partial charge in [-0.1, -0.05) is 12.8 Å². The Labute approximate surface area is 129 Å². The lowest BCUT2D eigenvalue weighted by Gasteiger charge is -2.36. The Balaban J connectivity index is 1.56. The van der Waals surface area contributed by atoms with Crippen LogP contribution < -0.4 is 5.73 Å². The second-order valence-electron chi connectivity index (χ2n) is 7.31. The van der Waals surface area contributed by atoms with Crippen LogP contribution in [0.15, 0.2) is 0 Å². The summed E-state index contributed by atoms with van der Waals surface area (Å²) in [6.07, 6.45) is 10.6. The number of carbonyl (C=O) groups excluding carboxylic acids is 1. The molecule has 21 heavy (non-hydrogen) atoms. The molecule has 2 N–H and O–H groups in total. The molecule has 3 fully saturated rings. The first-order valence-electron chi connectivity index (χ1n) is 9.02. The molecule has 120 valence electrons. The largest absolute Gasteiger partial charge is 0.338 e. The van der Waals surface area contributed by atoms with E-state index in [9.17, 15) is 4.79 Å². The molecule has 4 nitrogen and oxygen atoms in total. The third-order valence-corrected chi connectivity index (χ3v) is 5.64. The van der Waals surface area contributed by atoms with Crippen LogP contribution in [0.1, 0.15) is 57.8 Å². The van der Waals surface area contributed by atoms with Gasteiger partial charge in [-0.15, -0.1) is 0 Å². The van der Waals surface area contributed by atoms with Crippen LogP contribution in [0.2, 0.25) is 0 Å². The number of carbonyl (C=O) groups is 1. The molecule has 0 radical (unpaired) electrons. The SMILES string of the molecule is N[C@@H]1CCC[C@@H](C(=O)N2CCC[C@H]2CN2CCCCC2)C1. The van der Waals surface area contributed by atoms with E-state index in [2.05, 4.69) is 9.80 Å². The number of hydrogen-bond donors (Lipinski definition) is 1. The predicted octanol–water partition coefficient (Wildman–Crippen LogP) is 1.98. The van der Waals surface area contributed by atoms with E-state index in [0.29, 0.717) is 11.9 Å². The van der Waals surface area contributed by atoms with Crippen LogP contribution in [0.5, 0.6) is 0 Å². The maximum Gasteiger partial charge on any atom is 0.226 e.